The molecule has 0 N–H and O–H groups in total. The minimum absolute atomic E-state index is 0.234. The van der Waals surface area contributed by atoms with E-state index in [1.54, 1.807) is 6.07 Å². The first-order valence-corrected chi connectivity index (χ1v) is 4.63. The Morgan fingerprint density at radius 1 is 1.50 bits per heavy atom. The van der Waals surface area contributed by atoms with Gasteiger partial charge in [0, 0.05) is 6.42 Å². The molecule has 0 bridgehead atoms. The number of fused-ring (bicyclic) bond motifs is 1. The second kappa shape index (κ2) is 3.37. The van der Waals surface area contributed by atoms with Crippen molar-refractivity contribution in [2.75, 3.05) is 0 Å². The highest BCUT2D eigenvalue weighted by atomic mass is 19.1. The van der Waals surface area contributed by atoms with Crippen LogP contribution < -0.4 is 0 Å². The van der Waals surface area contributed by atoms with Crippen LogP contribution in [0.4, 0.5) is 4.39 Å². The molecule has 0 radical (unpaired) electrons. The van der Waals surface area contributed by atoms with Crippen LogP contribution in [0.2, 0.25) is 0 Å². The fraction of sp³-hybridized carbons (Fsp3) is 0.250. The minimum Gasteiger partial charge on any atom is -0.303 e. The lowest BCUT2D eigenvalue weighted by Crippen LogP contribution is -1.87. The molecule has 0 spiro atoms. The van der Waals surface area contributed by atoms with Crippen molar-refractivity contribution in [2.45, 2.75) is 19.8 Å². The van der Waals surface area contributed by atoms with Crippen molar-refractivity contribution in [3.8, 4) is 0 Å². The van der Waals surface area contributed by atoms with Gasteiger partial charge in [-0.3, -0.25) is 0 Å². The number of aldehydes is 1. The predicted molar refractivity (Wildman–Crippen MR) is 53.4 cm³/mol. The van der Waals surface area contributed by atoms with Crippen molar-refractivity contribution >= 4 is 11.9 Å². The summed E-state index contributed by atoms with van der Waals surface area (Å²) in [5, 5.41) is 0. The van der Waals surface area contributed by atoms with Crippen molar-refractivity contribution < 1.29 is 9.18 Å². The van der Waals surface area contributed by atoms with E-state index in [0.29, 0.717) is 6.42 Å². The zero-order chi connectivity index (χ0) is 10.1. The van der Waals surface area contributed by atoms with Crippen molar-refractivity contribution in [3.05, 3.63) is 40.7 Å². The maximum absolute atomic E-state index is 13.0. The van der Waals surface area contributed by atoms with E-state index in [0.717, 1.165) is 29.4 Å². The van der Waals surface area contributed by atoms with Gasteiger partial charge in [0.15, 0.2) is 0 Å². The Balaban J connectivity index is 2.49. The van der Waals surface area contributed by atoms with Gasteiger partial charge in [-0.05, 0) is 42.2 Å². The van der Waals surface area contributed by atoms with E-state index in [1.807, 2.05) is 6.92 Å². The van der Waals surface area contributed by atoms with Crippen LogP contribution in [-0.2, 0) is 11.2 Å². The van der Waals surface area contributed by atoms with E-state index < -0.39 is 0 Å². The first-order chi connectivity index (χ1) is 6.72. The van der Waals surface area contributed by atoms with Gasteiger partial charge < -0.3 is 4.79 Å². The van der Waals surface area contributed by atoms with Crippen molar-refractivity contribution in [1.82, 2.24) is 0 Å². The number of hydrogen-bond acceptors (Lipinski definition) is 1. The van der Waals surface area contributed by atoms with Crippen LogP contribution >= 0.6 is 0 Å². The molecule has 1 aromatic carbocycles. The Morgan fingerprint density at radius 2 is 2.29 bits per heavy atom. The molecule has 1 nitrogen and oxygen atoms in total. The molecule has 0 unspecified atom stereocenters. The summed E-state index contributed by atoms with van der Waals surface area (Å²) in [6, 6.07) is 4.78. The molecule has 1 aromatic rings. The number of carbonyl (C=O) groups excluding carboxylic acids is 1. The molecule has 0 fully saturated rings. The lowest BCUT2D eigenvalue weighted by molar-refractivity contribution is -0.107. The normalized spacial score (nSPS) is 14.4. The molecule has 0 saturated heterocycles. The molecule has 0 aliphatic heterocycles. The first-order valence-electron chi connectivity index (χ1n) is 4.63. The highest BCUT2D eigenvalue weighted by molar-refractivity contribution is 5.83. The van der Waals surface area contributed by atoms with Crippen LogP contribution in [0.25, 0.3) is 5.57 Å². The second-order valence-electron chi connectivity index (χ2n) is 3.61. The average molecular weight is 190 g/mol. The summed E-state index contributed by atoms with van der Waals surface area (Å²) >= 11 is 0. The molecule has 2 rings (SSSR count). The van der Waals surface area contributed by atoms with Crippen molar-refractivity contribution in [2.24, 2.45) is 0 Å². The van der Waals surface area contributed by atoms with Gasteiger partial charge in [-0.1, -0.05) is 11.6 Å². The molecule has 1 aliphatic rings. The largest absolute Gasteiger partial charge is 0.303 e. The van der Waals surface area contributed by atoms with Gasteiger partial charge in [-0.15, -0.1) is 0 Å². The Bertz CT molecular complexity index is 418. The van der Waals surface area contributed by atoms with Crippen LogP contribution in [0.3, 0.4) is 0 Å². The third-order valence-corrected chi connectivity index (χ3v) is 2.66. The Labute approximate surface area is 82.3 Å². The van der Waals surface area contributed by atoms with E-state index in [2.05, 4.69) is 0 Å². The third kappa shape index (κ3) is 1.37. The molecule has 0 saturated carbocycles. The first kappa shape index (κ1) is 9.13. The zero-order valence-corrected chi connectivity index (χ0v) is 8.01. The monoisotopic (exact) mass is 190 g/mol. The number of carbonyl (C=O) groups is 1. The molecule has 14 heavy (non-hydrogen) atoms. The van der Waals surface area contributed by atoms with Crippen LogP contribution in [0.1, 0.15) is 24.5 Å². The fourth-order valence-electron chi connectivity index (χ4n) is 1.97. The van der Waals surface area contributed by atoms with Crippen LogP contribution in [-0.4, -0.2) is 6.29 Å². The number of hydrogen-bond donors (Lipinski definition) is 0. The maximum atomic E-state index is 13.0. The quantitative estimate of drug-likeness (QED) is 0.655. The summed E-state index contributed by atoms with van der Waals surface area (Å²) in [7, 11) is 0. The molecule has 0 amide bonds. The van der Waals surface area contributed by atoms with Gasteiger partial charge in [-0.25, -0.2) is 4.39 Å². The van der Waals surface area contributed by atoms with Gasteiger partial charge >= 0.3 is 0 Å². The Kier molecular flexibility index (Phi) is 2.20. The summed E-state index contributed by atoms with van der Waals surface area (Å²) in [6.45, 7) is 2.00. The topological polar surface area (TPSA) is 17.1 Å². The summed E-state index contributed by atoms with van der Waals surface area (Å²) in [5.41, 5.74) is 4.21. The second-order valence-corrected chi connectivity index (χ2v) is 3.61. The van der Waals surface area contributed by atoms with Gasteiger partial charge in [0.05, 0.1) is 0 Å². The van der Waals surface area contributed by atoms with Crippen molar-refractivity contribution in [1.29, 1.82) is 0 Å². The number of rotatable bonds is 2. The Hall–Kier alpha value is -1.44. The molecule has 0 heterocycles. The highest BCUT2D eigenvalue weighted by Gasteiger charge is 2.18. The lowest BCUT2D eigenvalue weighted by atomic mass is 10.0. The SMILES string of the molecule is CC1=C(CC=O)c2cc(F)ccc2C1. The summed E-state index contributed by atoms with van der Waals surface area (Å²) in [5.74, 6) is -0.234. The summed E-state index contributed by atoms with van der Waals surface area (Å²) < 4.78 is 13.0. The molecule has 2 heteroatoms. The van der Waals surface area contributed by atoms with Crippen LogP contribution in [0.15, 0.2) is 23.8 Å². The molecule has 72 valence electrons. The average Bonchev–Trinajstić information content (AvgIpc) is 2.45. The van der Waals surface area contributed by atoms with Gasteiger partial charge in [0.2, 0.25) is 0 Å². The van der Waals surface area contributed by atoms with E-state index >= 15 is 0 Å². The number of allylic oxidation sites excluding steroid dienone is 2. The smallest absolute Gasteiger partial charge is 0.124 e. The zero-order valence-electron chi connectivity index (χ0n) is 8.01. The minimum atomic E-state index is -0.234. The van der Waals surface area contributed by atoms with E-state index in [4.69, 9.17) is 0 Å². The van der Waals surface area contributed by atoms with Gasteiger partial charge in [-0.2, -0.15) is 0 Å². The van der Waals surface area contributed by atoms with Crippen LogP contribution in [0, 0.1) is 5.82 Å². The lowest BCUT2D eigenvalue weighted by Gasteiger charge is -2.02. The fourth-order valence-corrected chi connectivity index (χ4v) is 1.97. The van der Waals surface area contributed by atoms with Crippen LogP contribution in [0.5, 0.6) is 0 Å². The van der Waals surface area contributed by atoms with Gasteiger partial charge in [0.1, 0.15) is 12.1 Å². The summed E-state index contributed by atoms with van der Waals surface area (Å²) in [4.78, 5) is 10.5. The Morgan fingerprint density at radius 3 is 3.00 bits per heavy atom. The number of halogens is 1. The summed E-state index contributed by atoms with van der Waals surface area (Å²) in [6.07, 6.45) is 2.11. The number of benzene rings is 1. The standard InChI is InChI=1S/C12H11FO/c1-8-6-9-2-3-10(13)7-12(9)11(8)4-5-14/h2-3,5,7H,4,6H2,1H3. The van der Waals surface area contributed by atoms with E-state index in [9.17, 15) is 9.18 Å². The molecule has 0 aromatic heterocycles. The molecular formula is C12H11FO. The molecular weight excluding hydrogens is 179 g/mol. The van der Waals surface area contributed by atoms with Gasteiger partial charge in [0.25, 0.3) is 0 Å². The van der Waals surface area contributed by atoms with E-state index in [-0.39, 0.29) is 5.82 Å². The van der Waals surface area contributed by atoms with Crippen molar-refractivity contribution in [3.63, 3.8) is 0 Å². The highest BCUT2D eigenvalue weighted by Crippen LogP contribution is 2.34. The van der Waals surface area contributed by atoms with E-state index in [1.165, 1.54) is 17.7 Å². The predicted octanol–water partition coefficient (Wildman–Crippen LogP) is 2.74. The molecule has 0 atom stereocenters. The maximum Gasteiger partial charge on any atom is 0.124 e. The third-order valence-electron chi connectivity index (χ3n) is 2.66. The molecule has 1 aliphatic carbocycles.